The van der Waals surface area contributed by atoms with Crippen LogP contribution < -0.4 is 15.5 Å². The minimum Gasteiger partial charge on any atom is -0.348 e. The number of carbonyl (C=O) groups excluding carboxylic acids is 2. The van der Waals surface area contributed by atoms with Crippen LogP contribution in [0.5, 0.6) is 0 Å². The van der Waals surface area contributed by atoms with Gasteiger partial charge in [-0.05, 0) is 50.8 Å². The van der Waals surface area contributed by atoms with Gasteiger partial charge in [-0.1, -0.05) is 24.2 Å². The van der Waals surface area contributed by atoms with Gasteiger partial charge in [-0.3, -0.25) is 9.59 Å². The quantitative estimate of drug-likeness (QED) is 0.824. The number of fused-ring (bicyclic) bond motifs is 1. The second kappa shape index (κ2) is 7.84. The molecule has 27 heavy (non-hydrogen) atoms. The zero-order chi connectivity index (χ0) is 18.8. The summed E-state index contributed by atoms with van der Waals surface area (Å²) in [6.07, 6.45) is 6.52. The van der Waals surface area contributed by atoms with Crippen molar-refractivity contribution in [3.8, 4) is 0 Å². The molecule has 1 aromatic heterocycles. The Morgan fingerprint density at radius 2 is 1.93 bits per heavy atom. The fourth-order valence-electron chi connectivity index (χ4n) is 3.87. The van der Waals surface area contributed by atoms with Crippen LogP contribution in [0.4, 0.5) is 10.8 Å². The molecule has 0 bridgehead atoms. The minimum absolute atomic E-state index is 0.00307. The fourth-order valence-corrected chi connectivity index (χ4v) is 4.93. The molecule has 2 aromatic rings. The van der Waals surface area contributed by atoms with E-state index in [1.54, 1.807) is 18.3 Å². The van der Waals surface area contributed by atoms with E-state index in [1.165, 1.54) is 12.8 Å². The van der Waals surface area contributed by atoms with Crippen LogP contribution in [0.15, 0.2) is 18.2 Å². The first kappa shape index (κ1) is 18.2. The molecule has 2 heterocycles. The summed E-state index contributed by atoms with van der Waals surface area (Å²) in [7, 11) is 0. The zero-order valence-corrected chi connectivity index (χ0v) is 16.5. The third-order valence-corrected chi connectivity index (χ3v) is 6.58. The topological polar surface area (TPSA) is 74.3 Å². The highest BCUT2D eigenvalue weighted by atomic mass is 32.1. The smallest absolute Gasteiger partial charge is 0.246 e. The lowest BCUT2D eigenvalue weighted by Gasteiger charge is -2.16. The number of carbonyl (C=O) groups is 2. The predicted octanol–water partition coefficient (Wildman–Crippen LogP) is 3.53. The van der Waals surface area contributed by atoms with Gasteiger partial charge in [-0.2, -0.15) is 0 Å². The SMILES string of the molecule is C[C@@H](NC(=O)C1CCCC1)C(=O)Nc1ccc2nc(N3CCCC3)sc2c1. The van der Waals surface area contributed by atoms with Gasteiger partial charge in [0.15, 0.2) is 5.13 Å². The van der Waals surface area contributed by atoms with Crippen LogP contribution in [-0.2, 0) is 9.59 Å². The molecule has 0 unspecified atom stereocenters. The molecule has 1 aliphatic carbocycles. The highest BCUT2D eigenvalue weighted by Gasteiger charge is 2.25. The Hall–Kier alpha value is -2.15. The first-order valence-electron chi connectivity index (χ1n) is 9.87. The van der Waals surface area contributed by atoms with Crippen LogP contribution in [-0.4, -0.2) is 35.9 Å². The van der Waals surface area contributed by atoms with E-state index in [9.17, 15) is 9.59 Å². The maximum absolute atomic E-state index is 12.5. The summed E-state index contributed by atoms with van der Waals surface area (Å²) in [4.78, 5) is 31.7. The molecule has 2 aliphatic rings. The van der Waals surface area contributed by atoms with E-state index in [0.29, 0.717) is 0 Å². The molecule has 1 aromatic carbocycles. The van der Waals surface area contributed by atoms with Crippen molar-refractivity contribution in [2.45, 2.75) is 51.5 Å². The van der Waals surface area contributed by atoms with Crippen molar-refractivity contribution in [2.24, 2.45) is 5.92 Å². The molecule has 1 saturated heterocycles. The minimum atomic E-state index is -0.546. The van der Waals surface area contributed by atoms with Gasteiger partial charge in [-0.15, -0.1) is 0 Å². The average Bonchev–Trinajstić information content (AvgIpc) is 3.41. The number of thiazole rings is 1. The number of rotatable bonds is 5. The first-order valence-corrected chi connectivity index (χ1v) is 10.7. The highest BCUT2D eigenvalue weighted by Crippen LogP contribution is 2.32. The van der Waals surface area contributed by atoms with Gasteiger partial charge < -0.3 is 15.5 Å². The molecule has 7 heteroatoms. The van der Waals surface area contributed by atoms with Crippen molar-refractivity contribution in [3.63, 3.8) is 0 Å². The van der Waals surface area contributed by atoms with Crippen molar-refractivity contribution in [1.29, 1.82) is 0 Å². The number of nitrogens with one attached hydrogen (secondary N) is 2. The van der Waals surface area contributed by atoms with Gasteiger partial charge in [0.25, 0.3) is 0 Å². The Kier molecular flexibility index (Phi) is 5.29. The maximum Gasteiger partial charge on any atom is 0.246 e. The Balaban J connectivity index is 1.39. The summed E-state index contributed by atoms with van der Waals surface area (Å²) >= 11 is 1.67. The highest BCUT2D eigenvalue weighted by molar-refractivity contribution is 7.22. The molecule has 1 aliphatic heterocycles. The third-order valence-electron chi connectivity index (χ3n) is 5.50. The Morgan fingerprint density at radius 1 is 1.19 bits per heavy atom. The second-order valence-electron chi connectivity index (χ2n) is 7.57. The predicted molar refractivity (Wildman–Crippen MR) is 109 cm³/mol. The maximum atomic E-state index is 12.5. The number of hydrogen-bond donors (Lipinski definition) is 2. The molecule has 0 radical (unpaired) electrons. The van der Waals surface area contributed by atoms with Crippen molar-refractivity contribution >= 4 is 44.2 Å². The largest absolute Gasteiger partial charge is 0.348 e. The molecule has 4 rings (SSSR count). The molecule has 0 spiro atoms. The van der Waals surface area contributed by atoms with Crippen LogP contribution in [0.2, 0.25) is 0 Å². The number of amides is 2. The molecule has 6 nitrogen and oxygen atoms in total. The lowest BCUT2D eigenvalue weighted by atomic mass is 10.1. The van der Waals surface area contributed by atoms with Crippen LogP contribution in [0.25, 0.3) is 10.2 Å². The van der Waals surface area contributed by atoms with Gasteiger partial charge in [0, 0.05) is 24.7 Å². The summed E-state index contributed by atoms with van der Waals surface area (Å²) in [5.74, 6) is -0.119. The lowest BCUT2D eigenvalue weighted by Crippen LogP contribution is -2.43. The van der Waals surface area contributed by atoms with Crippen LogP contribution in [0.1, 0.15) is 45.4 Å². The average molecular weight is 387 g/mol. The summed E-state index contributed by atoms with van der Waals surface area (Å²) in [6, 6.07) is 5.24. The van der Waals surface area contributed by atoms with Gasteiger partial charge in [0.05, 0.1) is 10.2 Å². The van der Waals surface area contributed by atoms with E-state index >= 15 is 0 Å². The third kappa shape index (κ3) is 4.08. The second-order valence-corrected chi connectivity index (χ2v) is 8.58. The van der Waals surface area contributed by atoms with E-state index in [4.69, 9.17) is 4.98 Å². The van der Waals surface area contributed by atoms with E-state index in [1.807, 2.05) is 18.2 Å². The molecular weight excluding hydrogens is 360 g/mol. The van der Waals surface area contributed by atoms with Gasteiger partial charge >= 0.3 is 0 Å². The van der Waals surface area contributed by atoms with Crippen LogP contribution >= 0.6 is 11.3 Å². The first-order chi connectivity index (χ1) is 13.1. The molecule has 1 atom stereocenters. The van der Waals surface area contributed by atoms with Gasteiger partial charge in [-0.25, -0.2) is 4.98 Å². The monoisotopic (exact) mass is 386 g/mol. The summed E-state index contributed by atoms with van der Waals surface area (Å²) in [5, 5.41) is 6.83. The van der Waals surface area contributed by atoms with Crippen LogP contribution in [0, 0.1) is 5.92 Å². The molecular formula is C20H26N4O2S. The van der Waals surface area contributed by atoms with E-state index < -0.39 is 6.04 Å². The molecule has 144 valence electrons. The van der Waals surface area contributed by atoms with E-state index in [2.05, 4.69) is 15.5 Å². The van der Waals surface area contributed by atoms with Crippen LogP contribution in [0.3, 0.4) is 0 Å². The van der Waals surface area contributed by atoms with Crippen molar-refractivity contribution < 1.29 is 9.59 Å². The van der Waals surface area contributed by atoms with Crippen molar-refractivity contribution in [3.05, 3.63) is 18.2 Å². The Morgan fingerprint density at radius 3 is 2.67 bits per heavy atom. The van der Waals surface area contributed by atoms with E-state index in [-0.39, 0.29) is 17.7 Å². The van der Waals surface area contributed by atoms with Gasteiger partial charge in [0.2, 0.25) is 11.8 Å². The Bertz CT molecular complexity index is 838. The number of benzene rings is 1. The molecule has 2 amide bonds. The number of nitrogens with zero attached hydrogens (tertiary/aromatic N) is 2. The van der Waals surface area contributed by atoms with Gasteiger partial charge in [0.1, 0.15) is 6.04 Å². The number of aromatic nitrogens is 1. The van der Waals surface area contributed by atoms with Crippen molar-refractivity contribution in [1.82, 2.24) is 10.3 Å². The Labute approximate surface area is 163 Å². The standard InChI is InChI=1S/C20H26N4O2S/c1-13(21-19(26)14-6-2-3-7-14)18(25)22-15-8-9-16-17(12-15)27-20(23-16)24-10-4-5-11-24/h8-9,12-14H,2-7,10-11H2,1H3,(H,21,26)(H,22,25)/t13-/m1/s1. The summed E-state index contributed by atoms with van der Waals surface area (Å²) in [6.45, 7) is 3.88. The molecule has 2 N–H and O–H groups in total. The zero-order valence-electron chi connectivity index (χ0n) is 15.7. The molecule has 1 saturated carbocycles. The van der Waals surface area contributed by atoms with Crippen molar-refractivity contribution in [2.75, 3.05) is 23.3 Å². The number of hydrogen-bond acceptors (Lipinski definition) is 5. The normalized spacial score (nSPS) is 18.8. The summed E-state index contributed by atoms with van der Waals surface area (Å²) in [5.41, 5.74) is 1.70. The number of anilines is 2. The fraction of sp³-hybridized carbons (Fsp3) is 0.550. The van der Waals surface area contributed by atoms with E-state index in [0.717, 1.165) is 59.8 Å². The lowest BCUT2D eigenvalue weighted by molar-refractivity contribution is -0.128. The summed E-state index contributed by atoms with van der Waals surface area (Å²) < 4.78 is 1.07. The molecule has 2 fully saturated rings.